The van der Waals surface area contributed by atoms with Gasteiger partial charge in [-0.25, -0.2) is 13.4 Å². The van der Waals surface area contributed by atoms with Crippen LogP contribution in [0, 0.1) is 0 Å². The number of halogens is 2. The quantitative estimate of drug-likeness (QED) is 0.676. The second-order valence-corrected chi connectivity index (χ2v) is 9.82. The van der Waals surface area contributed by atoms with Gasteiger partial charge in [0, 0.05) is 38.1 Å². The molecule has 1 saturated heterocycles. The number of hydrogen-bond donors (Lipinski definition) is 0. The molecular formula is C17H19Cl2N3O2S2. The van der Waals surface area contributed by atoms with Crippen molar-refractivity contribution in [3.05, 3.63) is 52.1 Å². The van der Waals surface area contributed by atoms with Crippen molar-refractivity contribution in [1.29, 1.82) is 0 Å². The molecule has 0 bridgehead atoms. The van der Waals surface area contributed by atoms with Crippen LogP contribution in [0.4, 0.5) is 0 Å². The highest BCUT2D eigenvalue weighted by Crippen LogP contribution is 2.27. The lowest BCUT2D eigenvalue weighted by molar-refractivity contribution is 0.222. The molecule has 140 valence electrons. The van der Waals surface area contributed by atoms with Gasteiger partial charge in [0.05, 0.1) is 15.1 Å². The number of thioether (sulfide) groups is 1. The Labute approximate surface area is 168 Å². The van der Waals surface area contributed by atoms with Gasteiger partial charge in [-0.15, -0.1) is 11.8 Å². The largest absolute Gasteiger partial charge is 0.304 e. The summed E-state index contributed by atoms with van der Waals surface area (Å²) in [6, 6.07) is 8.86. The third-order valence-corrected chi connectivity index (χ3v) is 7.82. The number of rotatable bonds is 5. The summed E-state index contributed by atoms with van der Waals surface area (Å²) in [6.07, 6.45) is 1.44. The maximum Gasteiger partial charge on any atom is 0.244 e. The van der Waals surface area contributed by atoms with Crippen molar-refractivity contribution in [1.82, 2.24) is 14.2 Å². The Hall–Kier alpha value is -0.830. The summed E-state index contributed by atoms with van der Waals surface area (Å²) in [7, 11) is -1.49. The second kappa shape index (κ2) is 8.46. The Morgan fingerprint density at radius 1 is 1.08 bits per heavy atom. The first-order valence-corrected chi connectivity index (χ1v) is 11.3. The lowest BCUT2D eigenvalue weighted by atomic mass is 10.2. The lowest BCUT2D eigenvalue weighted by Gasteiger charge is -2.31. The van der Waals surface area contributed by atoms with Crippen molar-refractivity contribution in [2.24, 2.45) is 0 Å². The highest BCUT2D eigenvalue weighted by Gasteiger charge is 2.27. The molecule has 0 unspecified atom stereocenters. The summed E-state index contributed by atoms with van der Waals surface area (Å²) >= 11 is 13.4. The summed E-state index contributed by atoms with van der Waals surface area (Å²) in [5, 5.41) is 1.80. The minimum Gasteiger partial charge on any atom is -0.304 e. The highest BCUT2D eigenvalue weighted by atomic mass is 35.5. The molecule has 3 rings (SSSR count). The van der Waals surface area contributed by atoms with Gasteiger partial charge in [0.2, 0.25) is 10.0 Å². The number of pyridine rings is 1. The standard InChI is InChI=1S/C17H19Cl2N3O2S2/c1-21-6-8-22(9-7-21)26(23,24)14-3-5-17(20-11-14)25-12-13-2-4-15(18)16(19)10-13/h2-5,10-11H,6-9,12H2,1H3. The molecule has 0 amide bonds. The van der Waals surface area contributed by atoms with E-state index in [1.165, 1.54) is 22.3 Å². The van der Waals surface area contributed by atoms with Gasteiger partial charge in [-0.3, -0.25) is 0 Å². The molecule has 0 atom stereocenters. The molecule has 2 aromatic rings. The summed E-state index contributed by atoms with van der Waals surface area (Å²) in [5.74, 6) is 0.675. The Morgan fingerprint density at radius 2 is 1.81 bits per heavy atom. The van der Waals surface area contributed by atoms with Crippen LogP contribution in [0.15, 0.2) is 46.5 Å². The smallest absolute Gasteiger partial charge is 0.244 e. The van der Waals surface area contributed by atoms with Gasteiger partial charge in [-0.1, -0.05) is 29.3 Å². The molecule has 26 heavy (non-hydrogen) atoms. The summed E-state index contributed by atoms with van der Waals surface area (Å²) in [6.45, 7) is 2.49. The fraction of sp³-hybridized carbons (Fsp3) is 0.353. The fourth-order valence-electron chi connectivity index (χ4n) is 2.57. The molecule has 9 heteroatoms. The normalized spacial score (nSPS) is 16.7. The van der Waals surface area contributed by atoms with Gasteiger partial charge in [0.15, 0.2) is 0 Å². The predicted octanol–water partition coefficient (Wildman–Crippen LogP) is 3.62. The zero-order valence-electron chi connectivity index (χ0n) is 14.2. The zero-order valence-corrected chi connectivity index (χ0v) is 17.4. The first kappa shape index (κ1) is 19.9. The fourth-order valence-corrected chi connectivity index (χ4v) is 5.04. The molecule has 0 radical (unpaired) electrons. The van der Waals surface area contributed by atoms with Gasteiger partial charge in [0.1, 0.15) is 4.90 Å². The zero-order chi connectivity index (χ0) is 18.7. The average Bonchev–Trinajstić information content (AvgIpc) is 2.63. The first-order chi connectivity index (χ1) is 12.4. The lowest BCUT2D eigenvalue weighted by Crippen LogP contribution is -2.47. The van der Waals surface area contributed by atoms with Crippen molar-refractivity contribution in [2.45, 2.75) is 15.7 Å². The van der Waals surface area contributed by atoms with Gasteiger partial charge in [-0.2, -0.15) is 4.31 Å². The van der Waals surface area contributed by atoms with Crippen molar-refractivity contribution in [3.63, 3.8) is 0 Å². The number of aromatic nitrogens is 1. The van der Waals surface area contributed by atoms with Gasteiger partial charge < -0.3 is 4.90 Å². The first-order valence-electron chi connectivity index (χ1n) is 8.08. The molecule has 0 N–H and O–H groups in total. The number of piperazine rings is 1. The van der Waals surface area contributed by atoms with Crippen LogP contribution in [-0.2, 0) is 15.8 Å². The maximum absolute atomic E-state index is 12.7. The topological polar surface area (TPSA) is 53.5 Å². The predicted molar refractivity (Wildman–Crippen MR) is 107 cm³/mol. The van der Waals surface area contributed by atoms with Gasteiger partial charge in [0.25, 0.3) is 0 Å². The van der Waals surface area contributed by atoms with E-state index in [0.29, 0.717) is 28.9 Å². The van der Waals surface area contributed by atoms with Crippen LogP contribution in [0.5, 0.6) is 0 Å². The number of hydrogen-bond acceptors (Lipinski definition) is 5. The van der Waals surface area contributed by atoms with Gasteiger partial charge >= 0.3 is 0 Å². The average molecular weight is 432 g/mol. The minimum atomic E-state index is -3.48. The van der Waals surface area contributed by atoms with Crippen LogP contribution in [0.2, 0.25) is 10.0 Å². The van der Waals surface area contributed by atoms with E-state index in [1.54, 1.807) is 18.2 Å². The van der Waals surface area contributed by atoms with E-state index in [9.17, 15) is 8.42 Å². The minimum absolute atomic E-state index is 0.237. The Morgan fingerprint density at radius 3 is 2.42 bits per heavy atom. The molecule has 1 fully saturated rings. The third-order valence-electron chi connectivity index (χ3n) is 4.18. The van der Waals surface area contributed by atoms with Crippen molar-refractivity contribution in [2.75, 3.05) is 33.2 Å². The van der Waals surface area contributed by atoms with E-state index >= 15 is 0 Å². The van der Waals surface area contributed by atoms with Crippen LogP contribution in [0.25, 0.3) is 0 Å². The van der Waals surface area contributed by atoms with E-state index in [1.807, 2.05) is 19.2 Å². The Kier molecular flexibility index (Phi) is 6.48. The Bertz CT molecular complexity index is 868. The van der Waals surface area contributed by atoms with Crippen LogP contribution < -0.4 is 0 Å². The van der Waals surface area contributed by atoms with Crippen LogP contribution in [-0.4, -0.2) is 55.8 Å². The van der Waals surface area contributed by atoms with E-state index in [2.05, 4.69) is 9.88 Å². The molecule has 0 saturated carbocycles. The second-order valence-electron chi connectivity index (χ2n) is 6.08. The third kappa shape index (κ3) is 4.71. The summed E-state index contributed by atoms with van der Waals surface area (Å²) in [5.41, 5.74) is 1.03. The van der Waals surface area contributed by atoms with Crippen LogP contribution >= 0.6 is 35.0 Å². The molecule has 5 nitrogen and oxygen atoms in total. The number of likely N-dealkylation sites (N-methyl/N-ethyl adjacent to an activating group) is 1. The molecule has 1 aliphatic rings. The summed E-state index contributed by atoms with van der Waals surface area (Å²) in [4.78, 5) is 6.65. The Balaban J connectivity index is 1.65. The van der Waals surface area contributed by atoms with Crippen molar-refractivity contribution >= 4 is 45.0 Å². The number of benzene rings is 1. The molecule has 0 spiro atoms. The molecule has 1 aromatic heterocycles. The SMILES string of the molecule is CN1CCN(S(=O)(=O)c2ccc(SCc3ccc(Cl)c(Cl)c3)nc2)CC1. The van der Waals surface area contributed by atoms with Gasteiger partial charge in [-0.05, 0) is 36.9 Å². The van der Waals surface area contributed by atoms with E-state index < -0.39 is 10.0 Å². The molecule has 2 heterocycles. The van der Waals surface area contributed by atoms with E-state index in [0.717, 1.165) is 23.7 Å². The molecule has 1 aliphatic heterocycles. The summed E-state index contributed by atoms with van der Waals surface area (Å²) < 4.78 is 26.9. The number of nitrogens with zero attached hydrogens (tertiary/aromatic N) is 3. The molecule has 0 aliphatic carbocycles. The van der Waals surface area contributed by atoms with E-state index in [-0.39, 0.29) is 4.90 Å². The maximum atomic E-state index is 12.7. The number of sulfonamides is 1. The highest BCUT2D eigenvalue weighted by molar-refractivity contribution is 7.98. The molecular weight excluding hydrogens is 413 g/mol. The van der Waals surface area contributed by atoms with Crippen LogP contribution in [0.3, 0.4) is 0 Å². The van der Waals surface area contributed by atoms with Crippen molar-refractivity contribution < 1.29 is 8.42 Å². The van der Waals surface area contributed by atoms with Crippen molar-refractivity contribution in [3.8, 4) is 0 Å². The van der Waals surface area contributed by atoms with Crippen LogP contribution in [0.1, 0.15) is 5.56 Å². The van der Waals surface area contributed by atoms with E-state index in [4.69, 9.17) is 23.2 Å². The molecule has 1 aromatic carbocycles. The monoisotopic (exact) mass is 431 g/mol.